The average Bonchev–Trinajstić information content (AvgIpc) is 3.03. The van der Waals surface area contributed by atoms with E-state index in [4.69, 9.17) is 16.6 Å². The Labute approximate surface area is 172 Å². The van der Waals surface area contributed by atoms with E-state index in [-0.39, 0.29) is 17.9 Å². The topological polar surface area (TPSA) is 55.2 Å². The summed E-state index contributed by atoms with van der Waals surface area (Å²) in [6, 6.07) is 6.77. The minimum absolute atomic E-state index is 0.0167. The third kappa shape index (κ3) is 3.64. The van der Waals surface area contributed by atoms with Gasteiger partial charge in [-0.2, -0.15) is 0 Å². The van der Waals surface area contributed by atoms with Gasteiger partial charge in [0.15, 0.2) is 5.78 Å². The van der Waals surface area contributed by atoms with Gasteiger partial charge in [0.1, 0.15) is 10.7 Å². The van der Waals surface area contributed by atoms with Crippen LogP contribution in [0, 0.1) is 0 Å². The van der Waals surface area contributed by atoms with E-state index < -0.39 is 0 Å². The number of Topliss-reactive ketones (excluding diaryl/α,β-unsaturated/α-hetero) is 1. The van der Waals surface area contributed by atoms with Crippen molar-refractivity contribution in [2.45, 2.75) is 38.8 Å². The molecule has 0 saturated carbocycles. The van der Waals surface area contributed by atoms with Crippen molar-refractivity contribution in [3.05, 3.63) is 61.5 Å². The second-order valence-corrected chi connectivity index (χ2v) is 9.00. The molecule has 1 aromatic carbocycles. The molecule has 1 aliphatic carbocycles. The lowest BCUT2D eigenvalue weighted by atomic mass is 9.97. The van der Waals surface area contributed by atoms with Gasteiger partial charge < -0.3 is 4.90 Å². The van der Waals surface area contributed by atoms with Crippen LogP contribution in [0.2, 0.25) is 5.02 Å². The van der Waals surface area contributed by atoms with E-state index in [2.05, 4.69) is 0 Å². The number of hydrogen-bond donors (Lipinski definition) is 0. The normalized spacial score (nSPS) is 13.9. The molecule has 4 rings (SSSR count). The highest BCUT2D eigenvalue weighted by molar-refractivity contribution is 7.18. The predicted molar refractivity (Wildman–Crippen MR) is 114 cm³/mol. The van der Waals surface area contributed by atoms with Crippen molar-refractivity contribution >= 4 is 38.9 Å². The van der Waals surface area contributed by atoms with E-state index in [0.717, 1.165) is 36.1 Å². The number of rotatable bonds is 5. The van der Waals surface area contributed by atoms with Gasteiger partial charge in [-0.3, -0.25) is 14.2 Å². The maximum atomic E-state index is 13.4. The van der Waals surface area contributed by atoms with Crippen molar-refractivity contribution < 1.29 is 4.79 Å². The van der Waals surface area contributed by atoms with Crippen LogP contribution in [0.25, 0.3) is 10.2 Å². The number of fused-ring (bicyclic) bond motifs is 3. The summed E-state index contributed by atoms with van der Waals surface area (Å²) >= 11 is 7.56. The molecule has 0 atom stereocenters. The number of hydrogen-bond acceptors (Lipinski definition) is 5. The molecule has 5 nitrogen and oxygen atoms in total. The minimum Gasteiger partial charge on any atom is -0.302 e. The van der Waals surface area contributed by atoms with E-state index in [1.807, 2.05) is 19.0 Å². The molecule has 0 saturated heterocycles. The number of benzene rings is 1. The number of nitrogens with zero attached hydrogens (tertiary/aromatic N) is 3. The zero-order valence-corrected chi connectivity index (χ0v) is 17.6. The maximum Gasteiger partial charge on any atom is 0.263 e. The molecule has 28 heavy (non-hydrogen) atoms. The molecule has 0 unspecified atom stereocenters. The average molecular weight is 416 g/mol. The lowest BCUT2D eigenvalue weighted by Crippen LogP contribution is -2.31. The van der Waals surface area contributed by atoms with E-state index in [0.29, 0.717) is 28.3 Å². The van der Waals surface area contributed by atoms with Crippen LogP contribution in [-0.2, 0) is 25.9 Å². The van der Waals surface area contributed by atoms with Crippen molar-refractivity contribution in [1.29, 1.82) is 0 Å². The van der Waals surface area contributed by atoms with Gasteiger partial charge in [-0.15, -0.1) is 11.3 Å². The molecule has 0 radical (unpaired) electrons. The molecule has 0 spiro atoms. The highest BCUT2D eigenvalue weighted by Gasteiger charge is 2.23. The summed E-state index contributed by atoms with van der Waals surface area (Å²) in [5.41, 5.74) is 1.59. The monoisotopic (exact) mass is 415 g/mol. The Kier molecular flexibility index (Phi) is 5.36. The summed E-state index contributed by atoms with van der Waals surface area (Å²) in [5.74, 6) is 0.507. The number of ketones is 1. The summed E-state index contributed by atoms with van der Waals surface area (Å²) in [6.45, 7) is 0.485. The third-order valence-electron chi connectivity index (χ3n) is 5.08. The van der Waals surface area contributed by atoms with Crippen LogP contribution < -0.4 is 5.56 Å². The van der Waals surface area contributed by atoms with Crippen molar-refractivity contribution in [2.24, 2.45) is 0 Å². The molecule has 2 heterocycles. The lowest BCUT2D eigenvalue weighted by molar-refractivity contribution is 0.0968. The van der Waals surface area contributed by atoms with Crippen molar-refractivity contribution in [1.82, 2.24) is 14.5 Å². The van der Waals surface area contributed by atoms with Crippen molar-refractivity contribution in [3.8, 4) is 0 Å². The third-order valence-corrected chi connectivity index (χ3v) is 6.52. The van der Waals surface area contributed by atoms with Crippen LogP contribution in [0.5, 0.6) is 0 Å². The number of halogens is 1. The lowest BCUT2D eigenvalue weighted by Gasteiger charge is -2.16. The molecule has 7 heteroatoms. The Morgan fingerprint density at radius 2 is 1.93 bits per heavy atom. The SMILES string of the molecule is CN(C)Cc1nc2sc3c(c2c(=O)n1CC(=O)c1ccc(Cl)cc1)CCCC3. The van der Waals surface area contributed by atoms with Gasteiger partial charge in [0.05, 0.1) is 18.5 Å². The quantitative estimate of drug-likeness (QED) is 0.592. The Morgan fingerprint density at radius 3 is 2.64 bits per heavy atom. The number of thiophene rings is 1. The highest BCUT2D eigenvalue weighted by Crippen LogP contribution is 2.33. The van der Waals surface area contributed by atoms with E-state index in [9.17, 15) is 9.59 Å². The Balaban J connectivity index is 1.82. The van der Waals surface area contributed by atoms with Gasteiger partial charge in [0.25, 0.3) is 5.56 Å². The summed E-state index contributed by atoms with van der Waals surface area (Å²) in [6.07, 6.45) is 4.20. The first-order chi connectivity index (χ1) is 13.4. The molecule has 0 amide bonds. The summed E-state index contributed by atoms with van der Waals surface area (Å²) in [4.78, 5) is 35.1. The second kappa shape index (κ2) is 7.78. The summed E-state index contributed by atoms with van der Waals surface area (Å²) in [5, 5.41) is 1.29. The van der Waals surface area contributed by atoms with Crippen LogP contribution in [0.1, 0.15) is 39.5 Å². The van der Waals surface area contributed by atoms with E-state index in [1.165, 1.54) is 4.88 Å². The first kappa shape index (κ1) is 19.3. The molecule has 146 valence electrons. The summed E-state index contributed by atoms with van der Waals surface area (Å²) in [7, 11) is 3.86. The molecule has 2 aromatic heterocycles. The smallest absolute Gasteiger partial charge is 0.263 e. The first-order valence-corrected chi connectivity index (χ1v) is 10.6. The predicted octanol–water partition coefficient (Wildman–Crippen LogP) is 3.93. The zero-order valence-electron chi connectivity index (χ0n) is 16.0. The maximum absolute atomic E-state index is 13.4. The number of carbonyl (C=O) groups excluding carboxylic acids is 1. The fraction of sp³-hybridized carbons (Fsp3) is 0.381. The van der Waals surface area contributed by atoms with Crippen molar-refractivity contribution in [3.63, 3.8) is 0 Å². The highest BCUT2D eigenvalue weighted by atomic mass is 35.5. The molecule has 0 aliphatic heterocycles. The van der Waals surface area contributed by atoms with Gasteiger partial charge in [-0.25, -0.2) is 4.98 Å². The van der Waals surface area contributed by atoms with E-state index in [1.54, 1.807) is 40.2 Å². The van der Waals surface area contributed by atoms with Gasteiger partial charge in [-0.05, 0) is 69.6 Å². The molecule has 0 bridgehead atoms. The zero-order chi connectivity index (χ0) is 19.8. The fourth-order valence-electron chi connectivity index (χ4n) is 3.72. The van der Waals surface area contributed by atoms with Gasteiger partial charge in [0.2, 0.25) is 0 Å². The Hall–Kier alpha value is -2.02. The van der Waals surface area contributed by atoms with Gasteiger partial charge in [-0.1, -0.05) is 11.6 Å². The van der Waals surface area contributed by atoms with Crippen molar-refractivity contribution in [2.75, 3.05) is 14.1 Å². The molecule has 3 aromatic rings. The molecular weight excluding hydrogens is 394 g/mol. The van der Waals surface area contributed by atoms with E-state index >= 15 is 0 Å². The number of carbonyl (C=O) groups is 1. The molecule has 0 fully saturated rings. The largest absolute Gasteiger partial charge is 0.302 e. The van der Waals surface area contributed by atoms with Crippen LogP contribution in [0.15, 0.2) is 29.1 Å². The molecule has 1 aliphatic rings. The molecular formula is C21H22ClN3O2S. The second-order valence-electron chi connectivity index (χ2n) is 7.48. The van der Waals surface area contributed by atoms with Crippen LogP contribution in [0.3, 0.4) is 0 Å². The van der Waals surface area contributed by atoms with Crippen LogP contribution in [0.4, 0.5) is 0 Å². The number of aryl methyl sites for hydroxylation is 2. The van der Waals surface area contributed by atoms with Gasteiger partial charge in [0, 0.05) is 15.5 Å². The standard InChI is InChI=1S/C21H22ClN3O2S/c1-24(2)12-18-23-20-19(15-5-3-4-6-17(15)28-20)21(27)25(18)11-16(26)13-7-9-14(22)10-8-13/h7-10H,3-6,11-12H2,1-2H3. The summed E-state index contributed by atoms with van der Waals surface area (Å²) < 4.78 is 1.56. The van der Waals surface area contributed by atoms with Crippen LogP contribution in [-0.4, -0.2) is 34.3 Å². The Bertz CT molecular complexity index is 1100. The first-order valence-electron chi connectivity index (χ1n) is 9.41. The molecule has 0 N–H and O–H groups in total. The van der Waals surface area contributed by atoms with Gasteiger partial charge >= 0.3 is 0 Å². The minimum atomic E-state index is -0.121. The fourth-order valence-corrected chi connectivity index (χ4v) is 5.11. The van der Waals surface area contributed by atoms with Crippen LogP contribution >= 0.6 is 22.9 Å². The Morgan fingerprint density at radius 1 is 1.21 bits per heavy atom. The number of aromatic nitrogens is 2.